The zero-order chi connectivity index (χ0) is 6.48. The fourth-order valence-electron chi connectivity index (χ4n) is 1.24. The lowest BCUT2D eigenvalue weighted by Crippen LogP contribution is -2.28. The lowest BCUT2D eigenvalue weighted by molar-refractivity contribution is 0.130. The van der Waals surface area contributed by atoms with Crippen molar-refractivity contribution in [3.05, 3.63) is 0 Å². The van der Waals surface area contributed by atoms with Gasteiger partial charge in [-0.15, -0.1) is 0 Å². The van der Waals surface area contributed by atoms with E-state index in [-0.39, 0.29) is 11.8 Å². The van der Waals surface area contributed by atoms with Crippen molar-refractivity contribution >= 4 is 0 Å². The van der Waals surface area contributed by atoms with E-state index in [1.54, 1.807) is 6.92 Å². The Labute approximate surface area is 53.8 Å². The van der Waals surface area contributed by atoms with Gasteiger partial charge in [-0.1, -0.05) is 0 Å². The van der Waals surface area contributed by atoms with E-state index >= 15 is 0 Å². The van der Waals surface area contributed by atoms with Crippen LogP contribution in [-0.4, -0.2) is 16.9 Å². The van der Waals surface area contributed by atoms with Gasteiger partial charge in [0.15, 0.2) is 0 Å². The molecule has 1 N–H and O–H groups in total. The van der Waals surface area contributed by atoms with Gasteiger partial charge in [-0.3, -0.25) is 0 Å². The third-order valence-electron chi connectivity index (χ3n) is 2.12. The third-order valence-corrected chi connectivity index (χ3v) is 2.12. The summed E-state index contributed by atoms with van der Waals surface area (Å²) in [6, 6.07) is 0. The molecule has 1 fully saturated rings. The highest BCUT2D eigenvalue weighted by Gasteiger charge is 2.56. The monoisotopic (exact) mass is 126 g/mol. The predicted molar refractivity (Wildman–Crippen MR) is 32.0 cm³/mol. The molecule has 2 rings (SSSR count). The molecular weight excluding hydrogens is 116 g/mol. The molecule has 0 saturated heterocycles. The Morgan fingerprint density at radius 1 is 1.56 bits per heavy atom. The van der Waals surface area contributed by atoms with Gasteiger partial charge in [0, 0.05) is 5.92 Å². The molecule has 0 aromatic carbocycles. The van der Waals surface area contributed by atoms with E-state index < -0.39 is 0 Å². The van der Waals surface area contributed by atoms with Crippen LogP contribution in [0, 0.1) is 5.92 Å². The van der Waals surface area contributed by atoms with E-state index in [4.69, 9.17) is 5.11 Å². The Kier molecular flexibility index (Phi) is 0.799. The molecule has 1 unspecified atom stereocenters. The zero-order valence-electron chi connectivity index (χ0n) is 5.41. The molecule has 0 aromatic heterocycles. The van der Waals surface area contributed by atoms with Gasteiger partial charge in [-0.2, -0.15) is 10.2 Å². The first kappa shape index (κ1) is 5.35. The van der Waals surface area contributed by atoms with Crippen LogP contribution < -0.4 is 0 Å². The molecule has 0 aromatic rings. The lowest BCUT2D eigenvalue weighted by atomic mass is 10.0. The maximum atomic E-state index is 9.17. The van der Waals surface area contributed by atoms with E-state index in [9.17, 15) is 0 Å². The highest BCUT2D eigenvalue weighted by atomic mass is 16.3. The van der Waals surface area contributed by atoms with E-state index in [2.05, 4.69) is 10.2 Å². The molecule has 9 heavy (non-hydrogen) atoms. The molecule has 1 aliphatic heterocycles. The van der Waals surface area contributed by atoms with Crippen LogP contribution in [0.3, 0.4) is 0 Å². The molecule has 0 radical (unpaired) electrons. The minimum Gasteiger partial charge on any atom is -0.389 e. The summed E-state index contributed by atoms with van der Waals surface area (Å²) in [5, 5.41) is 16.9. The molecule has 1 saturated carbocycles. The van der Waals surface area contributed by atoms with Crippen LogP contribution in [-0.2, 0) is 0 Å². The van der Waals surface area contributed by atoms with Gasteiger partial charge >= 0.3 is 0 Å². The lowest BCUT2D eigenvalue weighted by Gasteiger charge is -2.10. The van der Waals surface area contributed by atoms with Gasteiger partial charge in [0.05, 0.1) is 0 Å². The minimum absolute atomic E-state index is 0.333. The largest absolute Gasteiger partial charge is 0.389 e. The van der Waals surface area contributed by atoms with Crippen LogP contribution in [0.25, 0.3) is 0 Å². The molecule has 1 atom stereocenters. The van der Waals surface area contributed by atoms with Crippen LogP contribution in [0.5, 0.6) is 0 Å². The molecule has 50 valence electrons. The van der Waals surface area contributed by atoms with Gasteiger partial charge in [-0.05, 0) is 19.8 Å². The van der Waals surface area contributed by atoms with Crippen molar-refractivity contribution in [1.82, 2.24) is 0 Å². The molecule has 3 nitrogen and oxygen atoms in total. The summed E-state index contributed by atoms with van der Waals surface area (Å²) in [5.74, 6) is 0.567. The van der Waals surface area contributed by atoms with E-state index in [1.807, 2.05) is 0 Å². The second kappa shape index (κ2) is 1.34. The normalized spacial score (nSPS) is 32.2. The molecular formula is C6H10N2O. The SMILES string of the molecule is CC(O)C1(C2CC2)N=N1. The quantitative estimate of drug-likeness (QED) is 0.588. The first-order chi connectivity index (χ1) is 4.26. The summed E-state index contributed by atoms with van der Waals surface area (Å²) in [7, 11) is 0. The third kappa shape index (κ3) is 0.611. The van der Waals surface area contributed by atoms with E-state index in [1.165, 1.54) is 12.8 Å². The molecule has 0 spiro atoms. The van der Waals surface area contributed by atoms with E-state index in [0.29, 0.717) is 5.92 Å². The van der Waals surface area contributed by atoms with Crippen LogP contribution in [0.4, 0.5) is 0 Å². The second-order valence-electron chi connectivity index (χ2n) is 2.93. The number of hydrogen-bond donors (Lipinski definition) is 1. The summed E-state index contributed by atoms with van der Waals surface area (Å²) in [6.45, 7) is 1.76. The Balaban J connectivity index is 2.05. The highest BCUT2D eigenvalue weighted by Crippen LogP contribution is 2.51. The molecule has 2 aliphatic rings. The standard InChI is InChI=1S/C6H10N2O/c1-4(9)6(7-8-6)5-2-3-5/h4-5,9H,2-3H2,1H3. The molecule has 1 aliphatic carbocycles. The average Bonchev–Trinajstić information content (AvgIpc) is 2.61. The fraction of sp³-hybridized carbons (Fsp3) is 1.00. The summed E-state index contributed by atoms with van der Waals surface area (Å²) in [4.78, 5) is 0. The van der Waals surface area contributed by atoms with Crippen LogP contribution in [0.1, 0.15) is 19.8 Å². The molecule has 1 heterocycles. The van der Waals surface area contributed by atoms with Gasteiger partial charge in [0.1, 0.15) is 6.10 Å². The number of aliphatic hydroxyl groups is 1. The number of rotatable bonds is 2. The topological polar surface area (TPSA) is 45.0 Å². The van der Waals surface area contributed by atoms with E-state index in [0.717, 1.165) is 0 Å². The molecule has 0 bridgehead atoms. The van der Waals surface area contributed by atoms with Crippen LogP contribution in [0.2, 0.25) is 0 Å². The van der Waals surface area contributed by atoms with Crippen molar-refractivity contribution in [3.63, 3.8) is 0 Å². The Hall–Kier alpha value is -0.440. The Morgan fingerprint density at radius 3 is 2.22 bits per heavy atom. The highest BCUT2D eigenvalue weighted by molar-refractivity contribution is 5.08. The predicted octanol–water partition coefficient (Wildman–Crippen LogP) is 0.939. The second-order valence-corrected chi connectivity index (χ2v) is 2.93. The molecule has 3 heteroatoms. The van der Waals surface area contributed by atoms with Crippen molar-refractivity contribution in [2.45, 2.75) is 31.5 Å². The maximum absolute atomic E-state index is 9.17. The summed E-state index contributed by atoms with van der Waals surface area (Å²) in [5.41, 5.74) is -0.333. The van der Waals surface area contributed by atoms with Crippen LogP contribution in [0.15, 0.2) is 10.2 Å². The number of aliphatic hydroxyl groups excluding tert-OH is 1. The number of nitrogens with zero attached hydrogens (tertiary/aromatic N) is 2. The minimum atomic E-state index is -0.370. The summed E-state index contributed by atoms with van der Waals surface area (Å²) >= 11 is 0. The number of hydrogen-bond acceptors (Lipinski definition) is 3. The van der Waals surface area contributed by atoms with Crippen molar-refractivity contribution in [2.24, 2.45) is 16.1 Å². The van der Waals surface area contributed by atoms with Gasteiger partial charge in [-0.25, -0.2) is 0 Å². The Bertz CT molecular complexity index is 150. The summed E-state index contributed by atoms with van der Waals surface area (Å²) < 4.78 is 0. The van der Waals surface area contributed by atoms with Crippen molar-refractivity contribution in [1.29, 1.82) is 0 Å². The maximum Gasteiger partial charge on any atom is 0.218 e. The summed E-state index contributed by atoms with van der Waals surface area (Å²) in [6.07, 6.45) is 2.01. The van der Waals surface area contributed by atoms with Crippen LogP contribution >= 0.6 is 0 Å². The van der Waals surface area contributed by atoms with Crippen molar-refractivity contribution in [3.8, 4) is 0 Å². The zero-order valence-corrected chi connectivity index (χ0v) is 5.41. The van der Waals surface area contributed by atoms with Gasteiger partial charge in [0.25, 0.3) is 0 Å². The first-order valence-corrected chi connectivity index (χ1v) is 3.38. The Morgan fingerprint density at radius 2 is 2.11 bits per heavy atom. The van der Waals surface area contributed by atoms with Crippen molar-refractivity contribution < 1.29 is 5.11 Å². The first-order valence-electron chi connectivity index (χ1n) is 3.38. The fourth-order valence-corrected chi connectivity index (χ4v) is 1.24. The average molecular weight is 126 g/mol. The van der Waals surface area contributed by atoms with Gasteiger partial charge in [0.2, 0.25) is 5.66 Å². The van der Waals surface area contributed by atoms with Crippen molar-refractivity contribution in [2.75, 3.05) is 0 Å². The smallest absolute Gasteiger partial charge is 0.218 e. The molecule has 0 amide bonds. The van der Waals surface area contributed by atoms with Gasteiger partial charge < -0.3 is 5.11 Å².